The quantitative estimate of drug-likeness (QED) is 0.347. The van der Waals surface area contributed by atoms with Gasteiger partial charge in [0.15, 0.2) is 11.6 Å². The van der Waals surface area contributed by atoms with Crippen LogP contribution in [0, 0.1) is 5.82 Å². The second kappa shape index (κ2) is 11.9. The minimum Gasteiger partial charge on any atom is -0.489 e. The number of para-hydroxylation sites is 1. The molecule has 0 saturated carbocycles. The normalized spacial score (nSPS) is 17.4. The maximum absolute atomic E-state index is 14.6. The van der Waals surface area contributed by atoms with E-state index in [1.165, 1.54) is 29.2 Å². The molecule has 1 aliphatic rings. The van der Waals surface area contributed by atoms with Gasteiger partial charge in [-0.05, 0) is 43.2 Å². The summed E-state index contributed by atoms with van der Waals surface area (Å²) in [5, 5.41) is 2.80. The van der Waals surface area contributed by atoms with E-state index >= 15 is 0 Å². The molecule has 4 rings (SSSR count). The molecule has 39 heavy (non-hydrogen) atoms. The zero-order chi connectivity index (χ0) is 28.2. The van der Waals surface area contributed by atoms with E-state index in [0.29, 0.717) is 6.42 Å². The van der Waals surface area contributed by atoms with Gasteiger partial charge >= 0.3 is 6.36 Å². The van der Waals surface area contributed by atoms with Crippen molar-refractivity contribution in [2.75, 3.05) is 19.7 Å². The first-order valence-corrected chi connectivity index (χ1v) is 12.6. The van der Waals surface area contributed by atoms with Crippen molar-refractivity contribution in [2.24, 2.45) is 0 Å². The summed E-state index contributed by atoms with van der Waals surface area (Å²) in [6, 6.07) is 16.1. The minimum absolute atomic E-state index is 0.0262. The van der Waals surface area contributed by atoms with Gasteiger partial charge in [0.1, 0.15) is 5.75 Å². The predicted octanol–water partition coefficient (Wildman–Crippen LogP) is 6.20. The molecule has 1 aliphatic heterocycles. The van der Waals surface area contributed by atoms with Crippen LogP contribution in [-0.4, -0.2) is 48.8 Å². The molecule has 11 heteroatoms. The summed E-state index contributed by atoms with van der Waals surface area (Å²) in [6.07, 6.45) is -4.66. The van der Waals surface area contributed by atoms with E-state index in [0.717, 1.165) is 17.7 Å². The highest BCUT2D eigenvalue weighted by Crippen LogP contribution is 2.33. The van der Waals surface area contributed by atoms with E-state index in [1.54, 1.807) is 6.92 Å². The molecule has 3 aromatic carbocycles. The maximum atomic E-state index is 14.6. The number of hydrogen-bond acceptors (Lipinski definition) is 4. The molecular formula is C28H25ClF4N2O4. The zero-order valence-electron chi connectivity index (χ0n) is 20.8. The lowest BCUT2D eigenvalue weighted by Gasteiger charge is -2.39. The molecule has 1 heterocycles. The van der Waals surface area contributed by atoms with Crippen molar-refractivity contribution < 1.29 is 36.6 Å². The fraction of sp³-hybridized carbons (Fsp3) is 0.286. The number of halogens is 5. The second-order valence-electron chi connectivity index (χ2n) is 8.88. The van der Waals surface area contributed by atoms with Crippen LogP contribution < -0.4 is 14.8 Å². The average molecular weight is 565 g/mol. The number of hydrogen-bond donors (Lipinski definition) is 1. The van der Waals surface area contributed by atoms with Gasteiger partial charge in [0.2, 0.25) is 0 Å². The Kier molecular flexibility index (Phi) is 8.64. The lowest BCUT2D eigenvalue weighted by atomic mass is 9.85. The Morgan fingerprint density at radius 2 is 1.77 bits per heavy atom. The molecule has 0 unspecified atom stereocenters. The van der Waals surface area contributed by atoms with Crippen molar-refractivity contribution >= 4 is 23.4 Å². The SMILES string of the molecule is CCOc1c(F)cc(C(=O)N2CC[C@@H](NC(=O)c3ccccc3OC(F)(F)F)[C@@H](c3ccccc3)C2)cc1Cl. The lowest BCUT2D eigenvalue weighted by molar-refractivity contribution is -0.274. The van der Waals surface area contributed by atoms with Crippen LogP contribution >= 0.6 is 11.6 Å². The molecule has 1 N–H and O–H groups in total. The van der Waals surface area contributed by atoms with Crippen LogP contribution in [-0.2, 0) is 0 Å². The highest BCUT2D eigenvalue weighted by Gasteiger charge is 2.36. The topological polar surface area (TPSA) is 67.9 Å². The summed E-state index contributed by atoms with van der Waals surface area (Å²) in [4.78, 5) is 27.9. The van der Waals surface area contributed by atoms with Crippen molar-refractivity contribution in [1.82, 2.24) is 10.2 Å². The Morgan fingerprint density at radius 3 is 2.44 bits per heavy atom. The number of nitrogens with one attached hydrogen (secondary N) is 1. The van der Waals surface area contributed by atoms with Crippen LogP contribution in [0.3, 0.4) is 0 Å². The van der Waals surface area contributed by atoms with Crippen molar-refractivity contribution in [1.29, 1.82) is 0 Å². The van der Waals surface area contributed by atoms with Crippen LogP contribution in [0.25, 0.3) is 0 Å². The van der Waals surface area contributed by atoms with Crippen molar-refractivity contribution in [3.8, 4) is 11.5 Å². The summed E-state index contributed by atoms with van der Waals surface area (Å²) < 4.78 is 62.4. The molecule has 0 spiro atoms. The van der Waals surface area contributed by atoms with Gasteiger partial charge in [0.25, 0.3) is 11.8 Å². The minimum atomic E-state index is -4.96. The summed E-state index contributed by atoms with van der Waals surface area (Å²) in [6.45, 7) is 2.26. The van der Waals surface area contributed by atoms with E-state index < -0.39 is 41.7 Å². The molecule has 1 fully saturated rings. The van der Waals surface area contributed by atoms with Gasteiger partial charge in [-0.25, -0.2) is 4.39 Å². The lowest BCUT2D eigenvalue weighted by Crippen LogP contribution is -2.51. The summed E-state index contributed by atoms with van der Waals surface area (Å²) in [5.74, 6) is -3.08. The molecule has 206 valence electrons. The molecule has 1 saturated heterocycles. The van der Waals surface area contributed by atoms with E-state index in [-0.39, 0.29) is 41.6 Å². The summed E-state index contributed by atoms with van der Waals surface area (Å²) in [7, 11) is 0. The second-order valence-corrected chi connectivity index (χ2v) is 9.29. The van der Waals surface area contributed by atoms with Crippen LogP contribution in [0.1, 0.15) is 45.5 Å². The highest BCUT2D eigenvalue weighted by atomic mass is 35.5. The van der Waals surface area contributed by atoms with E-state index in [4.69, 9.17) is 16.3 Å². The Hall–Kier alpha value is -3.79. The number of likely N-dealkylation sites (tertiary alicyclic amines) is 1. The fourth-order valence-electron chi connectivity index (χ4n) is 4.61. The number of rotatable bonds is 7. The number of ether oxygens (including phenoxy) is 2. The van der Waals surface area contributed by atoms with Gasteiger partial charge in [-0.1, -0.05) is 54.1 Å². The first-order chi connectivity index (χ1) is 18.6. The Labute approximate surface area is 227 Å². The van der Waals surface area contributed by atoms with Gasteiger partial charge in [0.05, 0.1) is 17.2 Å². The molecule has 0 bridgehead atoms. The molecule has 6 nitrogen and oxygen atoms in total. The van der Waals surface area contributed by atoms with Crippen molar-refractivity contribution in [3.05, 3.63) is 94.3 Å². The maximum Gasteiger partial charge on any atom is 0.573 e. The number of alkyl halides is 3. The van der Waals surface area contributed by atoms with E-state index in [2.05, 4.69) is 10.1 Å². The summed E-state index contributed by atoms with van der Waals surface area (Å²) >= 11 is 6.15. The average Bonchev–Trinajstić information content (AvgIpc) is 2.90. The van der Waals surface area contributed by atoms with Gasteiger partial charge in [-0.2, -0.15) is 0 Å². The number of carbonyl (C=O) groups excluding carboxylic acids is 2. The number of carbonyl (C=O) groups is 2. The van der Waals surface area contributed by atoms with E-state index in [1.807, 2.05) is 30.3 Å². The molecule has 2 atom stereocenters. The monoisotopic (exact) mass is 564 g/mol. The Balaban J connectivity index is 1.57. The Morgan fingerprint density at radius 1 is 1.08 bits per heavy atom. The van der Waals surface area contributed by atoms with Gasteiger partial charge < -0.3 is 19.7 Å². The number of benzene rings is 3. The largest absolute Gasteiger partial charge is 0.573 e. The molecule has 0 aromatic heterocycles. The molecule has 0 radical (unpaired) electrons. The standard InChI is InChI=1S/C28H25ClF4N2O4/c1-2-38-25-21(29)14-18(15-22(25)30)27(37)35-13-12-23(20(16-35)17-8-4-3-5-9-17)34-26(36)19-10-6-7-11-24(19)39-28(31,32)33/h3-11,14-15,20,23H,2,12-13,16H2,1H3,(H,34,36)/t20-,23-/m1/s1. The van der Waals surface area contributed by atoms with Crippen molar-refractivity contribution in [3.63, 3.8) is 0 Å². The number of nitrogens with zero attached hydrogens (tertiary/aromatic N) is 1. The molecule has 2 amide bonds. The fourth-order valence-corrected chi connectivity index (χ4v) is 4.87. The van der Waals surface area contributed by atoms with Crippen LogP contribution in [0.2, 0.25) is 5.02 Å². The molecular weight excluding hydrogens is 540 g/mol. The van der Waals surface area contributed by atoms with Gasteiger partial charge in [-0.3, -0.25) is 9.59 Å². The highest BCUT2D eigenvalue weighted by molar-refractivity contribution is 6.32. The molecule has 3 aromatic rings. The zero-order valence-corrected chi connectivity index (χ0v) is 21.6. The summed E-state index contributed by atoms with van der Waals surface area (Å²) in [5.41, 5.74) is 0.601. The first kappa shape index (κ1) is 28.2. The van der Waals surface area contributed by atoms with Gasteiger partial charge in [-0.15, -0.1) is 13.2 Å². The van der Waals surface area contributed by atoms with Crippen LogP contribution in [0.5, 0.6) is 11.5 Å². The smallest absolute Gasteiger partial charge is 0.489 e. The number of amides is 2. The van der Waals surface area contributed by atoms with Gasteiger partial charge in [0, 0.05) is 30.6 Å². The predicted molar refractivity (Wildman–Crippen MR) is 137 cm³/mol. The first-order valence-electron chi connectivity index (χ1n) is 12.2. The Bertz CT molecular complexity index is 1310. The van der Waals surface area contributed by atoms with Crippen molar-refractivity contribution in [2.45, 2.75) is 31.7 Å². The number of piperidine rings is 1. The third-order valence-corrected chi connectivity index (χ3v) is 6.62. The van der Waals surface area contributed by atoms with Crippen LogP contribution in [0.15, 0.2) is 66.7 Å². The molecule has 0 aliphatic carbocycles. The third kappa shape index (κ3) is 6.81. The van der Waals surface area contributed by atoms with E-state index in [9.17, 15) is 27.2 Å². The third-order valence-electron chi connectivity index (χ3n) is 6.34. The van der Waals surface area contributed by atoms with Crippen LogP contribution in [0.4, 0.5) is 17.6 Å².